The number of carbonyl (C=O) groups excluding carboxylic acids is 5. The van der Waals surface area contributed by atoms with Crippen LogP contribution in [0.4, 0.5) is 21.0 Å². The summed E-state index contributed by atoms with van der Waals surface area (Å²) in [7, 11) is 0. The van der Waals surface area contributed by atoms with E-state index in [1.807, 2.05) is 31.2 Å². The highest BCUT2D eigenvalue weighted by Crippen LogP contribution is 2.41. The first-order valence-electron chi connectivity index (χ1n) is 26.0. The summed E-state index contributed by atoms with van der Waals surface area (Å²) in [5.74, 6) is -1.48. The lowest BCUT2D eigenvalue weighted by molar-refractivity contribution is -0.172. The summed E-state index contributed by atoms with van der Waals surface area (Å²) < 4.78 is 18.0. The third kappa shape index (κ3) is 11.1. The number of aromatic nitrogens is 2. The van der Waals surface area contributed by atoms with Gasteiger partial charge >= 0.3 is 24.1 Å². The summed E-state index contributed by atoms with van der Waals surface area (Å²) in [4.78, 5) is 108. The van der Waals surface area contributed by atoms with E-state index in [-0.39, 0.29) is 106 Å². The number of alkyl carbamates (subject to hydrolysis) is 1. The maximum Gasteiger partial charge on any atom is 0.415 e. The summed E-state index contributed by atoms with van der Waals surface area (Å²) in [6, 6.07) is 20.0. The van der Waals surface area contributed by atoms with E-state index in [0.717, 1.165) is 53.4 Å². The molecule has 78 heavy (non-hydrogen) atoms. The van der Waals surface area contributed by atoms with Crippen LogP contribution in [0.15, 0.2) is 82.6 Å². The number of amides is 4. The van der Waals surface area contributed by atoms with Gasteiger partial charge in [0.05, 0.1) is 29.0 Å². The fourth-order valence-corrected chi connectivity index (χ4v) is 10.6. The van der Waals surface area contributed by atoms with E-state index < -0.39 is 35.8 Å². The molecule has 23 heteroatoms. The highest BCUT2D eigenvalue weighted by atomic mass is 35.5. The monoisotopic (exact) mass is 1090 g/mol. The molecule has 5 N–H and O–H groups in total. The Morgan fingerprint density at radius 3 is 2.33 bits per heavy atom. The highest BCUT2D eigenvalue weighted by Gasteiger charge is 2.45. The Bertz CT molecular complexity index is 3260. The van der Waals surface area contributed by atoms with Crippen molar-refractivity contribution in [3.8, 4) is 17.1 Å². The molecule has 3 aromatic carbocycles. The molecule has 4 amide bonds. The van der Waals surface area contributed by atoms with Crippen molar-refractivity contribution in [3.63, 3.8) is 0 Å². The van der Waals surface area contributed by atoms with Crippen LogP contribution in [0, 0.1) is 0 Å². The number of esters is 1. The molecule has 2 fully saturated rings. The summed E-state index contributed by atoms with van der Waals surface area (Å²) in [6.45, 7) is 8.21. The van der Waals surface area contributed by atoms with Crippen molar-refractivity contribution in [3.05, 3.63) is 117 Å². The first-order valence-corrected chi connectivity index (χ1v) is 26.0. The lowest BCUT2D eigenvalue weighted by Crippen LogP contribution is -2.51. The second kappa shape index (κ2) is 23.2. The van der Waals surface area contributed by atoms with E-state index >= 15 is 0 Å². The number of nitrogens with one attached hydrogen (secondary N) is 3. The van der Waals surface area contributed by atoms with Crippen LogP contribution in [0.1, 0.15) is 77.7 Å². The molecule has 410 valence electrons. The Morgan fingerprint density at radius 1 is 0.885 bits per heavy atom. The molecule has 0 bridgehead atoms. The molecule has 10 rings (SSSR count). The van der Waals surface area contributed by atoms with Gasteiger partial charge < -0.3 is 64.5 Å². The number of aryl methyl sites for hydroxylation is 1. The number of hydrogen-bond donors (Lipinski definition) is 5. The number of piperazine rings is 2. The number of halogens is 1. The second-order valence-corrected chi connectivity index (χ2v) is 19.6. The largest absolute Gasteiger partial charge is 0.480 e. The summed E-state index contributed by atoms with van der Waals surface area (Å²) >= 11 is 0. The average Bonchev–Trinajstić information content (AvgIpc) is 4.07. The lowest BCUT2D eigenvalue weighted by atomic mass is 9.86. The fourth-order valence-electron chi connectivity index (χ4n) is 10.6. The molecule has 22 nitrogen and oxygen atoms in total. The Morgan fingerprint density at radius 2 is 1.63 bits per heavy atom. The minimum atomic E-state index is -1.94. The van der Waals surface area contributed by atoms with Crippen LogP contribution in [-0.2, 0) is 55.6 Å². The van der Waals surface area contributed by atoms with E-state index in [1.54, 1.807) is 69.8 Å². The number of aliphatic imine (C=N–C) groups is 1. The number of carboxylic acids is 1. The van der Waals surface area contributed by atoms with Crippen molar-refractivity contribution in [2.75, 3.05) is 75.7 Å². The van der Waals surface area contributed by atoms with E-state index in [0.29, 0.717) is 66.4 Å². The summed E-state index contributed by atoms with van der Waals surface area (Å²) in [6.07, 6.45) is -0.116. The predicted molar refractivity (Wildman–Crippen MR) is 289 cm³/mol. The number of aliphatic carboxylic acids is 1. The third-order valence-corrected chi connectivity index (χ3v) is 15.0. The molecule has 0 spiro atoms. The molecule has 2 atom stereocenters. The minimum absolute atomic E-state index is 0. The van der Waals surface area contributed by atoms with Gasteiger partial charge in [0.1, 0.15) is 25.0 Å². The van der Waals surface area contributed by atoms with Crippen molar-refractivity contribution in [2.24, 2.45) is 4.99 Å². The number of carbonyl (C=O) groups is 6. The molecule has 0 saturated carbocycles. The SMILES string of the molecule is CCc1c2c(nc3ccc(OC(=O)N4CCN(C(=O)c5ccc(COC(=O)N[C@@H](CCC(=O)N6CCN(c7cccc(NC8=NCCCN8)c7)CC6)C(=O)O)cc5)CC4)cc13)-c1cc3c(c(=O)n1C2)COC(=O)[C@]3(O)CC.Cl. The van der Waals surface area contributed by atoms with E-state index in [1.165, 1.54) is 4.90 Å². The molecule has 2 aromatic heterocycles. The molecule has 5 aliphatic rings. The van der Waals surface area contributed by atoms with Crippen LogP contribution in [0.3, 0.4) is 0 Å². The Kier molecular flexibility index (Phi) is 16.2. The number of fused-ring (bicyclic) bond motifs is 5. The second-order valence-electron chi connectivity index (χ2n) is 19.6. The van der Waals surface area contributed by atoms with E-state index in [2.05, 4.69) is 25.8 Å². The van der Waals surface area contributed by atoms with Crippen LogP contribution in [0.25, 0.3) is 22.3 Å². The topological polar surface area (TPSA) is 267 Å². The number of carboxylic acid groups (broad SMARTS) is 1. The Balaban J connectivity index is 0.00000740. The molecule has 2 saturated heterocycles. The molecule has 0 unspecified atom stereocenters. The lowest BCUT2D eigenvalue weighted by Gasteiger charge is -2.36. The van der Waals surface area contributed by atoms with E-state index in [4.69, 9.17) is 19.2 Å². The quantitative estimate of drug-likeness (QED) is 0.0991. The van der Waals surface area contributed by atoms with Gasteiger partial charge in [-0.05, 0) is 91.4 Å². The van der Waals surface area contributed by atoms with Gasteiger partial charge in [-0.1, -0.05) is 32.0 Å². The average molecular weight is 1090 g/mol. The van der Waals surface area contributed by atoms with Gasteiger partial charge in [-0.25, -0.2) is 24.2 Å². The van der Waals surface area contributed by atoms with Crippen molar-refractivity contribution in [2.45, 2.75) is 77.4 Å². The van der Waals surface area contributed by atoms with Crippen LogP contribution < -0.4 is 31.1 Å². The number of pyridine rings is 2. The van der Waals surface area contributed by atoms with Gasteiger partial charge in [0.15, 0.2) is 11.6 Å². The Hall–Kier alpha value is -8.24. The number of guanidine groups is 1. The number of nitrogens with zero attached hydrogens (tertiary/aromatic N) is 7. The minimum Gasteiger partial charge on any atom is -0.480 e. The number of anilines is 2. The molecule has 5 aliphatic heterocycles. The molecule has 7 heterocycles. The maximum absolute atomic E-state index is 13.7. The molecule has 0 aliphatic carbocycles. The zero-order valence-corrected chi connectivity index (χ0v) is 44.1. The summed E-state index contributed by atoms with van der Waals surface area (Å²) in [5, 5.41) is 30.8. The van der Waals surface area contributed by atoms with Gasteiger partial charge in [0.2, 0.25) is 5.91 Å². The number of aliphatic hydroxyl groups is 1. The molecular weight excluding hydrogens is 1030 g/mol. The van der Waals surface area contributed by atoms with Gasteiger partial charge in [0, 0.05) is 105 Å². The number of benzene rings is 3. The highest BCUT2D eigenvalue weighted by molar-refractivity contribution is 5.95. The van der Waals surface area contributed by atoms with Crippen molar-refractivity contribution in [1.29, 1.82) is 0 Å². The number of ether oxygens (including phenoxy) is 3. The first kappa shape index (κ1) is 54.5. The molecule has 0 radical (unpaired) electrons. The number of hydrogen-bond acceptors (Lipinski definition) is 16. The molecule has 5 aromatic rings. The first-order chi connectivity index (χ1) is 37.2. The third-order valence-electron chi connectivity index (χ3n) is 15.0. The van der Waals surface area contributed by atoms with Crippen LogP contribution >= 0.6 is 12.4 Å². The number of cyclic esters (lactones) is 1. The fraction of sp³-hybridized carbons (Fsp3) is 0.400. The Labute approximate surface area is 454 Å². The van der Waals surface area contributed by atoms with Crippen molar-refractivity contribution >= 4 is 76.6 Å². The van der Waals surface area contributed by atoms with Crippen molar-refractivity contribution in [1.82, 2.24) is 34.9 Å². The smallest absolute Gasteiger partial charge is 0.415 e. The van der Waals surface area contributed by atoms with Crippen LogP contribution in [-0.4, -0.2) is 148 Å². The van der Waals surface area contributed by atoms with Gasteiger partial charge in [-0.2, -0.15) is 0 Å². The standard InChI is InChI=1S/C55H60N10O12.ClH/c1-3-38-39-28-37(13-14-43(39)59-47-40(38)30-65-45(47)29-42-41(49(65)68)32-75-51(71)55(42,74)4-2)77-54(73)64-25-23-63(24-26-64)48(67)34-11-9-33(10-12-34)31-76-53(72)60-44(50(69)70)15-16-46(66)62-21-19-61(20-22-62)36-8-5-7-35(27-36)58-52-56-17-6-18-57-52;/h5,7-14,27-29,44,74H,3-4,6,15-26,30-32H2,1-2H3,(H,60,72)(H,69,70)(H2,56,57,58);1H/t44-,55-;/m0./s1. The van der Waals surface area contributed by atoms with Gasteiger partial charge in [0.25, 0.3) is 11.5 Å². The number of rotatable bonds is 13. The molecular formula is C55H61ClN10O12. The van der Waals surface area contributed by atoms with Crippen LogP contribution in [0.2, 0.25) is 0 Å². The maximum atomic E-state index is 13.7. The predicted octanol–water partition coefficient (Wildman–Crippen LogP) is 4.59. The zero-order chi connectivity index (χ0) is 54.0. The normalized spacial score (nSPS) is 18.0. The van der Waals surface area contributed by atoms with Crippen molar-refractivity contribution < 1.29 is 53.2 Å². The van der Waals surface area contributed by atoms with Gasteiger partial charge in [-0.15, -0.1) is 12.4 Å². The van der Waals surface area contributed by atoms with Crippen LogP contribution in [0.5, 0.6) is 5.75 Å². The van der Waals surface area contributed by atoms with Gasteiger partial charge in [-0.3, -0.25) is 19.4 Å². The zero-order valence-electron chi connectivity index (χ0n) is 43.2. The summed E-state index contributed by atoms with van der Waals surface area (Å²) in [5.41, 5.74) is 4.52. The van der Waals surface area contributed by atoms with E-state index in [9.17, 15) is 43.8 Å².